The molecule has 0 bridgehead atoms. The molecule has 1 fully saturated rings. The van der Waals surface area contributed by atoms with Crippen LogP contribution in [0.3, 0.4) is 0 Å². The number of nitrogens with one attached hydrogen (secondary N) is 1. The molecule has 6 heteroatoms. The number of aromatic nitrogens is 2. The Labute approximate surface area is 135 Å². The fraction of sp³-hybridized carbons (Fsp3) is 0.588. The molecule has 1 amide bonds. The third-order valence-electron chi connectivity index (χ3n) is 4.25. The van der Waals surface area contributed by atoms with E-state index in [1.807, 2.05) is 13.0 Å². The lowest BCUT2D eigenvalue weighted by Crippen LogP contribution is -2.41. The van der Waals surface area contributed by atoms with Crippen LogP contribution in [0.25, 0.3) is 11.1 Å². The molecular formula is C17H24N4O2. The van der Waals surface area contributed by atoms with Gasteiger partial charge in [0.1, 0.15) is 0 Å². The van der Waals surface area contributed by atoms with E-state index in [0.29, 0.717) is 40.7 Å². The molecule has 3 N–H and O–H groups in total. The van der Waals surface area contributed by atoms with Gasteiger partial charge in [0, 0.05) is 24.2 Å². The molecule has 0 radical (unpaired) electrons. The maximum Gasteiger partial charge on any atom is 0.259 e. The predicted octanol–water partition coefficient (Wildman–Crippen LogP) is 2.51. The van der Waals surface area contributed by atoms with Gasteiger partial charge in [-0.25, -0.2) is 4.98 Å². The van der Waals surface area contributed by atoms with Gasteiger partial charge < -0.3 is 15.6 Å². The van der Waals surface area contributed by atoms with Crippen LogP contribution in [-0.2, 0) is 0 Å². The molecule has 0 aliphatic heterocycles. The Morgan fingerprint density at radius 2 is 2.22 bits per heavy atom. The van der Waals surface area contributed by atoms with Crippen LogP contribution in [0, 0.1) is 12.8 Å². The summed E-state index contributed by atoms with van der Waals surface area (Å²) in [7, 11) is 0. The zero-order valence-electron chi connectivity index (χ0n) is 13.9. The van der Waals surface area contributed by atoms with Crippen molar-refractivity contribution in [3.63, 3.8) is 0 Å². The van der Waals surface area contributed by atoms with Crippen LogP contribution < -0.4 is 11.1 Å². The first-order valence-electron chi connectivity index (χ1n) is 8.27. The number of hydrogen-bond acceptors (Lipinski definition) is 5. The van der Waals surface area contributed by atoms with E-state index in [4.69, 9.17) is 10.3 Å². The third kappa shape index (κ3) is 3.37. The Balaban J connectivity index is 1.93. The van der Waals surface area contributed by atoms with E-state index in [2.05, 4.69) is 29.3 Å². The quantitative estimate of drug-likeness (QED) is 0.854. The van der Waals surface area contributed by atoms with Gasteiger partial charge in [-0.3, -0.25) is 4.79 Å². The first-order chi connectivity index (χ1) is 11.0. The van der Waals surface area contributed by atoms with Crippen LogP contribution in [0.5, 0.6) is 0 Å². The first kappa shape index (κ1) is 15.9. The van der Waals surface area contributed by atoms with Gasteiger partial charge >= 0.3 is 0 Å². The van der Waals surface area contributed by atoms with E-state index in [0.717, 1.165) is 25.0 Å². The van der Waals surface area contributed by atoms with E-state index in [1.165, 1.54) is 0 Å². The van der Waals surface area contributed by atoms with Gasteiger partial charge in [0.25, 0.3) is 11.6 Å². The average molecular weight is 316 g/mol. The molecule has 2 aromatic rings. The second-order valence-electron chi connectivity index (χ2n) is 6.85. The van der Waals surface area contributed by atoms with Crippen molar-refractivity contribution in [2.45, 2.75) is 52.0 Å². The lowest BCUT2D eigenvalue weighted by Gasteiger charge is -2.19. The van der Waals surface area contributed by atoms with Crippen molar-refractivity contribution in [2.75, 3.05) is 6.54 Å². The molecule has 0 aromatic carbocycles. The number of nitrogens with zero attached hydrogens (tertiary/aromatic N) is 2. The number of fused-ring (bicyclic) bond motifs is 1. The lowest BCUT2D eigenvalue weighted by atomic mass is 10.0. The van der Waals surface area contributed by atoms with E-state index in [9.17, 15) is 4.79 Å². The summed E-state index contributed by atoms with van der Waals surface area (Å²) in [4.78, 5) is 17.3. The number of nitrogens with two attached hydrogens (primary N) is 1. The second kappa shape index (κ2) is 6.28. The largest absolute Gasteiger partial charge is 0.348 e. The second-order valence-corrected chi connectivity index (χ2v) is 6.85. The summed E-state index contributed by atoms with van der Waals surface area (Å²) in [6.07, 6.45) is 3.09. The van der Waals surface area contributed by atoms with Crippen molar-refractivity contribution in [1.82, 2.24) is 15.5 Å². The molecule has 1 aliphatic carbocycles. The zero-order chi connectivity index (χ0) is 16.6. The van der Waals surface area contributed by atoms with Gasteiger partial charge in [-0.15, -0.1) is 0 Å². The summed E-state index contributed by atoms with van der Waals surface area (Å²) in [5.41, 5.74) is 8.46. The van der Waals surface area contributed by atoms with Gasteiger partial charge in [-0.05, 0) is 38.2 Å². The number of carbonyl (C=O) groups is 1. The zero-order valence-corrected chi connectivity index (χ0v) is 13.9. The summed E-state index contributed by atoms with van der Waals surface area (Å²) in [6.45, 7) is 6.50. The molecule has 23 heavy (non-hydrogen) atoms. The molecule has 0 spiro atoms. The molecule has 6 nitrogen and oxygen atoms in total. The van der Waals surface area contributed by atoms with Gasteiger partial charge in [0.05, 0.1) is 16.6 Å². The summed E-state index contributed by atoms with van der Waals surface area (Å²) < 4.78 is 5.29. The summed E-state index contributed by atoms with van der Waals surface area (Å²) in [5, 5.41) is 7.72. The minimum atomic E-state index is -0.123. The molecule has 0 saturated heterocycles. The van der Waals surface area contributed by atoms with Crippen LogP contribution in [0.15, 0.2) is 10.6 Å². The SMILES string of the molecule is Cc1noc2nc(C3CC3)cc(C(=O)NC(CN)CC(C)C)c12. The van der Waals surface area contributed by atoms with Crippen LogP contribution in [0.4, 0.5) is 0 Å². The lowest BCUT2D eigenvalue weighted by molar-refractivity contribution is 0.0935. The highest BCUT2D eigenvalue weighted by molar-refractivity contribution is 6.06. The Morgan fingerprint density at radius 3 is 2.83 bits per heavy atom. The van der Waals surface area contributed by atoms with E-state index < -0.39 is 0 Å². The standard InChI is InChI=1S/C17H24N4O2/c1-9(2)6-12(8-18)19-16(22)13-7-14(11-4-5-11)20-17-15(13)10(3)21-23-17/h7,9,11-12H,4-6,8,18H2,1-3H3,(H,19,22). The topological polar surface area (TPSA) is 94.0 Å². The fourth-order valence-electron chi connectivity index (χ4n) is 2.93. The van der Waals surface area contributed by atoms with Crippen molar-refractivity contribution in [3.05, 3.63) is 23.0 Å². The van der Waals surface area contributed by atoms with Crippen molar-refractivity contribution in [2.24, 2.45) is 11.7 Å². The number of pyridine rings is 1. The average Bonchev–Trinajstić information content (AvgIpc) is 3.29. The van der Waals surface area contributed by atoms with Crippen LogP contribution in [-0.4, -0.2) is 28.6 Å². The number of carbonyl (C=O) groups excluding carboxylic acids is 1. The Bertz CT molecular complexity index is 719. The molecular weight excluding hydrogens is 292 g/mol. The highest BCUT2D eigenvalue weighted by atomic mass is 16.5. The fourth-order valence-corrected chi connectivity index (χ4v) is 2.93. The minimum Gasteiger partial charge on any atom is -0.348 e. The van der Waals surface area contributed by atoms with Crippen molar-refractivity contribution < 1.29 is 9.32 Å². The normalized spacial score (nSPS) is 16.0. The third-order valence-corrected chi connectivity index (χ3v) is 4.25. The maximum atomic E-state index is 12.8. The Morgan fingerprint density at radius 1 is 1.48 bits per heavy atom. The van der Waals surface area contributed by atoms with E-state index in [1.54, 1.807) is 0 Å². The minimum absolute atomic E-state index is 0.0322. The van der Waals surface area contributed by atoms with Gasteiger partial charge in [0.2, 0.25) is 0 Å². The summed E-state index contributed by atoms with van der Waals surface area (Å²) in [5.74, 6) is 0.791. The Hall–Kier alpha value is -1.95. The smallest absolute Gasteiger partial charge is 0.259 e. The molecule has 2 aromatic heterocycles. The van der Waals surface area contributed by atoms with Gasteiger partial charge in [-0.2, -0.15) is 0 Å². The molecule has 1 saturated carbocycles. The van der Waals surface area contributed by atoms with Crippen molar-refractivity contribution in [1.29, 1.82) is 0 Å². The van der Waals surface area contributed by atoms with Crippen molar-refractivity contribution in [3.8, 4) is 0 Å². The van der Waals surface area contributed by atoms with Crippen LogP contribution >= 0.6 is 0 Å². The number of amides is 1. The monoisotopic (exact) mass is 316 g/mol. The highest BCUT2D eigenvalue weighted by Crippen LogP contribution is 2.40. The molecule has 124 valence electrons. The molecule has 1 aliphatic rings. The maximum absolute atomic E-state index is 12.8. The van der Waals surface area contributed by atoms with Crippen molar-refractivity contribution >= 4 is 17.0 Å². The summed E-state index contributed by atoms with van der Waals surface area (Å²) >= 11 is 0. The number of hydrogen-bond donors (Lipinski definition) is 2. The van der Waals surface area contributed by atoms with E-state index >= 15 is 0 Å². The number of aryl methyl sites for hydroxylation is 1. The Kier molecular flexibility index (Phi) is 4.35. The molecule has 1 unspecified atom stereocenters. The van der Waals surface area contributed by atoms with Gasteiger partial charge in [-0.1, -0.05) is 19.0 Å². The molecule has 1 atom stereocenters. The molecule has 2 heterocycles. The summed E-state index contributed by atoms with van der Waals surface area (Å²) in [6, 6.07) is 1.86. The van der Waals surface area contributed by atoms with Gasteiger partial charge in [0.15, 0.2) is 0 Å². The molecule has 3 rings (SSSR count). The highest BCUT2D eigenvalue weighted by Gasteiger charge is 2.29. The number of rotatable bonds is 6. The van der Waals surface area contributed by atoms with Crippen LogP contribution in [0.1, 0.15) is 60.8 Å². The first-order valence-corrected chi connectivity index (χ1v) is 8.27. The predicted molar refractivity (Wildman–Crippen MR) is 88.3 cm³/mol. The van der Waals surface area contributed by atoms with E-state index in [-0.39, 0.29) is 11.9 Å². The van der Waals surface area contributed by atoms with Crippen LogP contribution in [0.2, 0.25) is 0 Å².